The lowest BCUT2D eigenvalue weighted by Gasteiger charge is -2.15. The molecule has 0 bridgehead atoms. The number of hydrogen-bond donors (Lipinski definition) is 2. The molecule has 2 N–H and O–H groups in total. The van der Waals surface area contributed by atoms with Gasteiger partial charge in [-0.25, -0.2) is 0 Å². The number of likely N-dealkylation sites (tertiary alicyclic amines) is 1. The third kappa shape index (κ3) is 3.04. The topological polar surface area (TPSA) is 65.5 Å². The number of amides is 1. The molecule has 102 valence electrons. The third-order valence-corrected chi connectivity index (χ3v) is 3.92. The summed E-state index contributed by atoms with van der Waals surface area (Å²) in [4.78, 5) is 18.2. The van der Waals surface area contributed by atoms with E-state index >= 15 is 0 Å². The Labute approximate surface area is 112 Å². The van der Waals surface area contributed by atoms with Crippen molar-refractivity contribution in [2.24, 2.45) is 5.92 Å². The van der Waals surface area contributed by atoms with Crippen molar-refractivity contribution in [2.45, 2.75) is 25.3 Å². The molecule has 2 aliphatic rings. The summed E-state index contributed by atoms with van der Waals surface area (Å²) in [6, 6.07) is 2.25. The highest BCUT2D eigenvalue weighted by molar-refractivity contribution is 5.94. The second-order valence-corrected chi connectivity index (χ2v) is 5.52. The van der Waals surface area contributed by atoms with E-state index in [1.807, 2.05) is 0 Å². The molecule has 3 rings (SSSR count). The largest absolute Gasteiger partial charge is 0.506 e. The molecule has 1 aromatic heterocycles. The maximum absolute atomic E-state index is 11.9. The highest BCUT2D eigenvalue weighted by atomic mass is 16.3. The molecular weight excluding hydrogens is 242 g/mol. The Morgan fingerprint density at radius 1 is 1.42 bits per heavy atom. The van der Waals surface area contributed by atoms with Crippen molar-refractivity contribution in [1.82, 2.24) is 15.2 Å². The van der Waals surface area contributed by atoms with Crippen LogP contribution >= 0.6 is 0 Å². The molecule has 0 aromatic carbocycles. The first kappa shape index (κ1) is 12.4. The predicted molar refractivity (Wildman–Crippen MR) is 70.9 cm³/mol. The number of rotatable bonds is 4. The standard InChI is InChI=1S/C14H19N3O2/c18-13-5-11(7-15-8-13)14(19)16-6-10-3-4-17(9-10)12-1-2-12/h5,7-8,10,12,18H,1-4,6,9H2,(H,16,19)/t10-/m0/s1. The van der Waals surface area contributed by atoms with Crippen molar-refractivity contribution in [3.63, 3.8) is 0 Å². The first-order chi connectivity index (χ1) is 9.22. The number of pyridine rings is 1. The molecule has 2 fully saturated rings. The van der Waals surface area contributed by atoms with Gasteiger partial charge < -0.3 is 15.3 Å². The molecule has 5 heteroatoms. The van der Waals surface area contributed by atoms with Gasteiger partial charge in [0.2, 0.25) is 0 Å². The Hall–Kier alpha value is -1.62. The van der Waals surface area contributed by atoms with Crippen molar-refractivity contribution in [3.05, 3.63) is 24.0 Å². The first-order valence-corrected chi connectivity index (χ1v) is 6.88. The van der Waals surface area contributed by atoms with Crippen LogP contribution in [0.3, 0.4) is 0 Å². The molecule has 1 amide bonds. The Bertz CT molecular complexity index is 474. The lowest BCUT2D eigenvalue weighted by Crippen LogP contribution is -2.31. The van der Waals surface area contributed by atoms with Crippen molar-refractivity contribution in [1.29, 1.82) is 0 Å². The van der Waals surface area contributed by atoms with Gasteiger partial charge >= 0.3 is 0 Å². The number of aromatic hydroxyl groups is 1. The summed E-state index contributed by atoms with van der Waals surface area (Å²) in [5.74, 6) is 0.413. The van der Waals surface area contributed by atoms with Gasteiger partial charge in [0.1, 0.15) is 5.75 Å². The lowest BCUT2D eigenvalue weighted by molar-refractivity contribution is 0.0946. The lowest BCUT2D eigenvalue weighted by atomic mass is 10.1. The van der Waals surface area contributed by atoms with Crippen LogP contribution in [0.5, 0.6) is 5.75 Å². The number of nitrogens with one attached hydrogen (secondary N) is 1. The Morgan fingerprint density at radius 3 is 3.00 bits per heavy atom. The molecular formula is C14H19N3O2. The second-order valence-electron chi connectivity index (χ2n) is 5.52. The zero-order valence-corrected chi connectivity index (χ0v) is 10.9. The van der Waals surface area contributed by atoms with Crippen molar-refractivity contribution in [3.8, 4) is 5.75 Å². The molecule has 1 aromatic rings. The fourth-order valence-electron chi connectivity index (χ4n) is 2.69. The maximum atomic E-state index is 11.9. The summed E-state index contributed by atoms with van der Waals surface area (Å²) in [6.45, 7) is 2.97. The average molecular weight is 261 g/mol. The molecule has 1 atom stereocenters. The van der Waals surface area contributed by atoms with Gasteiger partial charge in [-0.3, -0.25) is 9.78 Å². The quantitative estimate of drug-likeness (QED) is 0.848. The number of nitrogens with zero attached hydrogens (tertiary/aromatic N) is 2. The van der Waals surface area contributed by atoms with E-state index in [1.54, 1.807) is 0 Å². The van der Waals surface area contributed by atoms with Crippen molar-refractivity contribution >= 4 is 5.91 Å². The molecule has 0 spiro atoms. The normalized spacial score (nSPS) is 23.5. The van der Waals surface area contributed by atoms with Gasteiger partial charge in [0, 0.05) is 25.3 Å². The minimum absolute atomic E-state index is 0.0217. The van der Waals surface area contributed by atoms with Crippen LogP contribution in [0.15, 0.2) is 18.5 Å². The summed E-state index contributed by atoms with van der Waals surface area (Å²) < 4.78 is 0. The van der Waals surface area contributed by atoms with E-state index in [-0.39, 0.29) is 11.7 Å². The smallest absolute Gasteiger partial charge is 0.252 e. The van der Waals surface area contributed by atoms with Crippen LogP contribution in [0.4, 0.5) is 0 Å². The SMILES string of the molecule is O=C(NC[C@@H]1CCN(C2CC2)C1)c1cncc(O)c1. The minimum atomic E-state index is -0.159. The summed E-state index contributed by atoms with van der Waals surface area (Å²) in [5.41, 5.74) is 0.414. The maximum Gasteiger partial charge on any atom is 0.252 e. The van der Waals surface area contributed by atoms with Crippen molar-refractivity contribution in [2.75, 3.05) is 19.6 Å². The number of carbonyl (C=O) groups excluding carboxylic acids is 1. The summed E-state index contributed by atoms with van der Waals surface area (Å²) >= 11 is 0. The summed E-state index contributed by atoms with van der Waals surface area (Å²) in [7, 11) is 0. The van der Waals surface area contributed by atoms with E-state index in [2.05, 4.69) is 15.2 Å². The van der Waals surface area contributed by atoms with Crippen LogP contribution in [-0.2, 0) is 0 Å². The van der Waals surface area contributed by atoms with E-state index in [9.17, 15) is 9.90 Å². The van der Waals surface area contributed by atoms with E-state index < -0.39 is 0 Å². The number of carbonyl (C=O) groups is 1. The molecule has 0 unspecified atom stereocenters. The van der Waals surface area contributed by atoms with E-state index in [1.165, 1.54) is 37.8 Å². The van der Waals surface area contributed by atoms with Crippen LogP contribution in [0.2, 0.25) is 0 Å². The van der Waals surface area contributed by atoms with Gasteiger partial charge in [0.25, 0.3) is 5.91 Å². The molecule has 5 nitrogen and oxygen atoms in total. The number of hydrogen-bond acceptors (Lipinski definition) is 4. The monoisotopic (exact) mass is 261 g/mol. The summed E-state index contributed by atoms with van der Waals surface area (Å²) in [5, 5.41) is 12.2. The highest BCUT2D eigenvalue weighted by Gasteiger charge is 2.34. The van der Waals surface area contributed by atoms with E-state index in [0.717, 1.165) is 19.0 Å². The van der Waals surface area contributed by atoms with Crippen molar-refractivity contribution < 1.29 is 9.90 Å². The van der Waals surface area contributed by atoms with Gasteiger partial charge in [0.15, 0.2) is 0 Å². The Kier molecular flexibility index (Phi) is 3.38. The van der Waals surface area contributed by atoms with Gasteiger partial charge in [-0.1, -0.05) is 0 Å². The van der Waals surface area contributed by atoms with Crippen LogP contribution in [0.25, 0.3) is 0 Å². The fraction of sp³-hybridized carbons (Fsp3) is 0.571. The molecule has 2 heterocycles. The Morgan fingerprint density at radius 2 is 2.26 bits per heavy atom. The Balaban J connectivity index is 1.48. The predicted octanol–water partition coefficient (Wildman–Crippen LogP) is 1.00. The third-order valence-electron chi connectivity index (χ3n) is 3.92. The molecule has 1 aliphatic heterocycles. The highest BCUT2D eigenvalue weighted by Crippen LogP contribution is 2.31. The first-order valence-electron chi connectivity index (χ1n) is 6.88. The van der Waals surface area contributed by atoms with Crippen LogP contribution in [-0.4, -0.2) is 46.6 Å². The molecule has 1 saturated carbocycles. The van der Waals surface area contributed by atoms with Gasteiger partial charge in [-0.15, -0.1) is 0 Å². The van der Waals surface area contributed by atoms with Gasteiger partial charge in [-0.05, 0) is 37.8 Å². The summed E-state index contributed by atoms with van der Waals surface area (Å²) in [6.07, 6.45) is 6.64. The molecule has 1 saturated heterocycles. The van der Waals surface area contributed by atoms with E-state index in [0.29, 0.717) is 18.0 Å². The molecule has 19 heavy (non-hydrogen) atoms. The van der Waals surface area contributed by atoms with Gasteiger partial charge in [0.05, 0.1) is 11.8 Å². The molecule has 1 aliphatic carbocycles. The zero-order valence-electron chi connectivity index (χ0n) is 10.9. The van der Waals surface area contributed by atoms with Crippen LogP contribution in [0.1, 0.15) is 29.6 Å². The molecule has 0 radical (unpaired) electrons. The van der Waals surface area contributed by atoms with Gasteiger partial charge in [-0.2, -0.15) is 0 Å². The van der Waals surface area contributed by atoms with Crippen LogP contribution < -0.4 is 5.32 Å². The second kappa shape index (κ2) is 5.17. The van der Waals surface area contributed by atoms with E-state index in [4.69, 9.17) is 0 Å². The average Bonchev–Trinajstić information content (AvgIpc) is 3.15. The zero-order chi connectivity index (χ0) is 13.2. The fourth-order valence-corrected chi connectivity index (χ4v) is 2.69. The van der Waals surface area contributed by atoms with Crippen LogP contribution in [0, 0.1) is 5.92 Å². The number of aromatic nitrogens is 1. The minimum Gasteiger partial charge on any atom is -0.506 e.